The number of carbonyl (C=O) groups is 1. The number of nitrogens with zero attached hydrogens (tertiary/aromatic N) is 1. The maximum Gasteiger partial charge on any atom is 0.253 e. The van der Waals surface area contributed by atoms with E-state index in [1.54, 1.807) is 4.90 Å². The minimum Gasteiger partial charge on any atom is -0.339 e. The molecule has 0 aromatic heterocycles. The van der Waals surface area contributed by atoms with Crippen LogP contribution >= 0.6 is 0 Å². The fourth-order valence-electron chi connectivity index (χ4n) is 2.39. The molecule has 2 aromatic carbocycles. The van der Waals surface area contributed by atoms with Crippen molar-refractivity contribution in [2.75, 3.05) is 7.05 Å². The van der Waals surface area contributed by atoms with Crippen LogP contribution in [0.15, 0.2) is 48.5 Å². The highest BCUT2D eigenvalue weighted by Crippen LogP contribution is 2.13. The first-order valence-corrected chi connectivity index (χ1v) is 7.63. The Balaban J connectivity index is 2.03. The Morgan fingerprint density at radius 1 is 1.05 bits per heavy atom. The minimum atomic E-state index is 0.0446. The van der Waals surface area contributed by atoms with Crippen LogP contribution in [-0.2, 0) is 13.0 Å². The van der Waals surface area contributed by atoms with Crippen molar-refractivity contribution in [2.45, 2.75) is 32.9 Å². The van der Waals surface area contributed by atoms with E-state index in [0.717, 1.165) is 12.0 Å². The summed E-state index contributed by atoms with van der Waals surface area (Å²) in [7, 11) is 1.86. The highest BCUT2D eigenvalue weighted by Gasteiger charge is 2.17. The van der Waals surface area contributed by atoms with E-state index in [1.165, 1.54) is 11.1 Å². The standard InChI is InChI=1S/C19H24N2O/c1-14-4-6-16(7-5-14)12-15(2)21(3)19(22)18-10-8-17(13-20)9-11-18/h4-11,15H,12-13,20H2,1-3H3. The van der Waals surface area contributed by atoms with Crippen LogP contribution in [-0.4, -0.2) is 23.9 Å². The summed E-state index contributed by atoms with van der Waals surface area (Å²) >= 11 is 0. The van der Waals surface area contributed by atoms with Gasteiger partial charge in [-0.2, -0.15) is 0 Å². The van der Waals surface area contributed by atoms with Gasteiger partial charge >= 0.3 is 0 Å². The van der Waals surface area contributed by atoms with Crippen LogP contribution in [0.4, 0.5) is 0 Å². The summed E-state index contributed by atoms with van der Waals surface area (Å²) in [4.78, 5) is 14.3. The molecule has 1 atom stereocenters. The average molecular weight is 296 g/mol. The van der Waals surface area contributed by atoms with Crippen molar-refractivity contribution in [1.82, 2.24) is 4.90 Å². The Morgan fingerprint density at radius 3 is 2.14 bits per heavy atom. The first-order valence-electron chi connectivity index (χ1n) is 7.63. The third-order valence-electron chi connectivity index (χ3n) is 4.07. The molecule has 0 saturated heterocycles. The highest BCUT2D eigenvalue weighted by atomic mass is 16.2. The Morgan fingerprint density at radius 2 is 1.59 bits per heavy atom. The fourth-order valence-corrected chi connectivity index (χ4v) is 2.39. The fraction of sp³-hybridized carbons (Fsp3) is 0.316. The van der Waals surface area contributed by atoms with Crippen LogP contribution in [0, 0.1) is 6.92 Å². The molecule has 1 unspecified atom stereocenters. The summed E-state index contributed by atoms with van der Waals surface area (Å²) in [5, 5.41) is 0. The molecule has 0 aliphatic carbocycles. The van der Waals surface area contributed by atoms with Crippen LogP contribution in [0.25, 0.3) is 0 Å². The van der Waals surface area contributed by atoms with Crippen molar-refractivity contribution in [3.05, 3.63) is 70.8 Å². The molecule has 0 bridgehead atoms. The molecule has 2 N–H and O–H groups in total. The number of likely N-dealkylation sites (N-methyl/N-ethyl adjacent to an activating group) is 1. The first kappa shape index (κ1) is 16.2. The van der Waals surface area contributed by atoms with Crippen LogP contribution in [0.3, 0.4) is 0 Å². The number of carbonyl (C=O) groups excluding carboxylic acids is 1. The Bertz CT molecular complexity index is 617. The molecule has 0 radical (unpaired) electrons. The number of rotatable bonds is 5. The van der Waals surface area contributed by atoms with Gasteiger partial charge < -0.3 is 10.6 Å². The lowest BCUT2D eigenvalue weighted by Crippen LogP contribution is -2.36. The molecule has 3 heteroatoms. The quantitative estimate of drug-likeness (QED) is 0.921. The monoisotopic (exact) mass is 296 g/mol. The predicted octanol–water partition coefficient (Wildman–Crippen LogP) is 3.16. The van der Waals surface area contributed by atoms with Gasteiger partial charge in [0.25, 0.3) is 5.91 Å². The van der Waals surface area contributed by atoms with Crippen LogP contribution in [0.5, 0.6) is 0 Å². The van der Waals surface area contributed by atoms with Gasteiger partial charge in [0.2, 0.25) is 0 Å². The van der Waals surface area contributed by atoms with Crippen LogP contribution in [0.1, 0.15) is 34.0 Å². The largest absolute Gasteiger partial charge is 0.339 e. The van der Waals surface area contributed by atoms with E-state index in [0.29, 0.717) is 12.1 Å². The Labute approximate surface area is 132 Å². The van der Waals surface area contributed by atoms with E-state index in [-0.39, 0.29) is 11.9 Å². The van der Waals surface area contributed by atoms with Crippen molar-refractivity contribution < 1.29 is 4.79 Å². The lowest BCUT2D eigenvalue weighted by Gasteiger charge is -2.25. The molecular formula is C19H24N2O. The smallest absolute Gasteiger partial charge is 0.253 e. The van der Waals surface area contributed by atoms with E-state index in [1.807, 2.05) is 31.3 Å². The molecule has 0 heterocycles. The maximum absolute atomic E-state index is 12.5. The lowest BCUT2D eigenvalue weighted by atomic mass is 10.0. The molecular weight excluding hydrogens is 272 g/mol. The van der Waals surface area contributed by atoms with Crippen molar-refractivity contribution in [3.8, 4) is 0 Å². The molecule has 0 aliphatic heterocycles. The van der Waals surface area contributed by atoms with Crippen molar-refractivity contribution >= 4 is 5.91 Å². The molecule has 0 aliphatic rings. The minimum absolute atomic E-state index is 0.0446. The van der Waals surface area contributed by atoms with Gasteiger partial charge in [0.15, 0.2) is 0 Å². The Kier molecular flexibility index (Phi) is 5.34. The number of nitrogens with two attached hydrogens (primary N) is 1. The van der Waals surface area contributed by atoms with Gasteiger partial charge in [0.05, 0.1) is 0 Å². The Hall–Kier alpha value is -2.13. The summed E-state index contributed by atoms with van der Waals surface area (Å²) < 4.78 is 0. The van der Waals surface area contributed by atoms with Gasteiger partial charge in [0, 0.05) is 25.2 Å². The zero-order valence-corrected chi connectivity index (χ0v) is 13.5. The third-order valence-corrected chi connectivity index (χ3v) is 4.07. The molecule has 0 fully saturated rings. The van der Waals surface area contributed by atoms with Gasteiger partial charge in [0.1, 0.15) is 0 Å². The zero-order valence-electron chi connectivity index (χ0n) is 13.5. The average Bonchev–Trinajstić information content (AvgIpc) is 2.55. The molecule has 3 nitrogen and oxygen atoms in total. The summed E-state index contributed by atoms with van der Waals surface area (Å²) in [6.07, 6.45) is 0.851. The third kappa shape index (κ3) is 3.95. The van der Waals surface area contributed by atoms with Crippen molar-refractivity contribution in [3.63, 3.8) is 0 Å². The molecule has 0 saturated carbocycles. The van der Waals surface area contributed by atoms with Crippen molar-refractivity contribution in [2.24, 2.45) is 5.73 Å². The lowest BCUT2D eigenvalue weighted by molar-refractivity contribution is 0.0743. The van der Waals surface area contributed by atoms with Crippen LogP contribution in [0.2, 0.25) is 0 Å². The molecule has 0 spiro atoms. The van der Waals surface area contributed by atoms with E-state index < -0.39 is 0 Å². The van der Waals surface area contributed by atoms with Gasteiger partial charge in [-0.1, -0.05) is 42.0 Å². The molecule has 2 rings (SSSR count). The maximum atomic E-state index is 12.5. The van der Waals surface area contributed by atoms with E-state index in [9.17, 15) is 4.79 Å². The summed E-state index contributed by atoms with van der Waals surface area (Å²) in [6.45, 7) is 4.65. The summed E-state index contributed by atoms with van der Waals surface area (Å²) in [5.41, 5.74) is 9.82. The zero-order chi connectivity index (χ0) is 16.1. The molecule has 1 amide bonds. The topological polar surface area (TPSA) is 46.3 Å². The van der Waals surface area contributed by atoms with E-state index >= 15 is 0 Å². The SMILES string of the molecule is Cc1ccc(CC(C)N(C)C(=O)c2ccc(CN)cc2)cc1. The second-order valence-electron chi connectivity index (χ2n) is 5.86. The second-order valence-corrected chi connectivity index (χ2v) is 5.86. The summed E-state index contributed by atoms with van der Waals surface area (Å²) in [5.74, 6) is 0.0446. The van der Waals surface area contributed by atoms with Crippen molar-refractivity contribution in [1.29, 1.82) is 0 Å². The highest BCUT2D eigenvalue weighted by molar-refractivity contribution is 5.94. The van der Waals surface area contributed by atoms with Gasteiger partial charge in [-0.05, 0) is 43.5 Å². The molecule has 116 valence electrons. The van der Waals surface area contributed by atoms with Gasteiger partial charge in [-0.25, -0.2) is 0 Å². The number of hydrogen-bond acceptors (Lipinski definition) is 2. The number of hydrogen-bond donors (Lipinski definition) is 1. The van der Waals surface area contributed by atoms with E-state index in [2.05, 4.69) is 38.1 Å². The van der Waals surface area contributed by atoms with Gasteiger partial charge in [-0.15, -0.1) is 0 Å². The predicted molar refractivity (Wildman–Crippen MR) is 90.8 cm³/mol. The summed E-state index contributed by atoms with van der Waals surface area (Å²) in [6, 6.07) is 16.1. The number of aryl methyl sites for hydroxylation is 1. The van der Waals surface area contributed by atoms with Crippen LogP contribution < -0.4 is 5.73 Å². The molecule has 22 heavy (non-hydrogen) atoms. The van der Waals surface area contributed by atoms with Gasteiger partial charge in [-0.3, -0.25) is 4.79 Å². The number of benzene rings is 2. The molecule has 2 aromatic rings. The second kappa shape index (κ2) is 7.23. The normalized spacial score (nSPS) is 12.0. The number of amides is 1. The van der Waals surface area contributed by atoms with E-state index in [4.69, 9.17) is 5.73 Å². The first-order chi connectivity index (χ1) is 10.5.